The van der Waals surface area contributed by atoms with Gasteiger partial charge < -0.3 is 11.1 Å². The maximum atomic E-state index is 6.01. The maximum absolute atomic E-state index is 6.01. The molecule has 1 heterocycles. The average molecular weight is 227 g/mol. The summed E-state index contributed by atoms with van der Waals surface area (Å²) in [4.78, 5) is 4.31. The van der Waals surface area contributed by atoms with Gasteiger partial charge in [-0.2, -0.15) is 0 Å². The zero-order valence-electron chi connectivity index (χ0n) is 10.4. The summed E-state index contributed by atoms with van der Waals surface area (Å²) in [5.41, 5.74) is 11.1. The van der Waals surface area contributed by atoms with Crippen molar-refractivity contribution in [3.05, 3.63) is 47.2 Å². The van der Waals surface area contributed by atoms with Gasteiger partial charge in [-0.1, -0.05) is 12.1 Å². The standard InChI is InChI=1S/C14H17N3/c1-9-6-7-12(11(3)13(9)15)17-14-10(2)5-4-8-16-14/h4-8H,15H2,1-3H3,(H,16,17). The normalized spacial score (nSPS) is 10.3. The van der Waals surface area contributed by atoms with E-state index in [9.17, 15) is 0 Å². The third-order valence-corrected chi connectivity index (χ3v) is 3.00. The second-order valence-corrected chi connectivity index (χ2v) is 4.26. The average Bonchev–Trinajstić information content (AvgIpc) is 2.32. The largest absolute Gasteiger partial charge is 0.398 e. The van der Waals surface area contributed by atoms with E-state index < -0.39 is 0 Å². The van der Waals surface area contributed by atoms with Crippen LogP contribution in [0, 0.1) is 20.8 Å². The third kappa shape index (κ3) is 2.23. The van der Waals surface area contributed by atoms with Crippen LogP contribution in [0.2, 0.25) is 0 Å². The van der Waals surface area contributed by atoms with E-state index >= 15 is 0 Å². The van der Waals surface area contributed by atoms with Crippen molar-refractivity contribution in [3.63, 3.8) is 0 Å². The first kappa shape index (κ1) is 11.5. The monoisotopic (exact) mass is 227 g/mol. The van der Waals surface area contributed by atoms with Gasteiger partial charge in [0, 0.05) is 17.6 Å². The van der Waals surface area contributed by atoms with E-state index in [0.29, 0.717) is 0 Å². The van der Waals surface area contributed by atoms with Crippen LogP contribution >= 0.6 is 0 Å². The highest BCUT2D eigenvalue weighted by atomic mass is 15.0. The summed E-state index contributed by atoms with van der Waals surface area (Å²) >= 11 is 0. The molecule has 3 nitrogen and oxygen atoms in total. The molecule has 0 radical (unpaired) electrons. The molecule has 0 aliphatic carbocycles. The van der Waals surface area contributed by atoms with Crippen molar-refractivity contribution >= 4 is 17.2 Å². The highest BCUT2D eigenvalue weighted by molar-refractivity contribution is 5.70. The second-order valence-electron chi connectivity index (χ2n) is 4.26. The molecule has 0 unspecified atom stereocenters. The van der Waals surface area contributed by atoms with Crippen molar-refractivity contribution in [3.8, 4) is 0 Å². The SMILES string of the molecule is Cc1cccnc1Nc1ccc(C)c(N)c1C. The molecule has 0 aliphatic rings. The van der Waals surface area contributed by atoms with Crippen molar-refractivity contribution in [2.24, 2.45) is 0 Å². The van der Waals surface area contributed by atoms with Gasteiger partial charge in [0.15, 0.2) is 0 Å². The van der Waals surface area contributed by atoms with Gasteiger partial charge in [-0.15, -0.1) is 0 Å². The molecule has 0 spiro atoms. The highest BCUT2D eigenvalue weighted by Crippen LogP contribution is 2.27. The number of aryl methyl sites for hydroxylation is 2. The van der Waals surface area contributed by atoms with Crippen LogP contribution in [-0.2, 0) is 0 Å². The molecule has 0 saturated carbocycles. The summed E-state index contributed by atoms with van der Waals surface area (Å²) in [6, 6.07) is 8.01. The van der Waals surface area contributed by atoms with Crippen molar-refractivity contribution in [2.45, 2.75) is 20.8 Å². The Bertz CT molecular complexity index is 547. The fourth-order valence-corrected chi connectivity index (χ4v) is 1.74. The van der Waals surface area contributed by atoms with E-state index in [1.807, 2.05) is 45.0 Å². The summed E-state index contributed by atoms with van der Waals surface area (Å²) in [6.45, 7) is 6.06. The molecular formula is C14H17N3. The van der Waals surface area contributed by atoms with Crippen molar-refractivity contribution in [1.82, 2.24) is 4.98 Å². The molecule has 2 aromatic rings. The number of anilines is 3. The number of hydrogen-bond acceptors (Lipinski definition) is 3. The second kappa shape index (κ2) is 4.45. The number of nitrogens with zero attached hydrogens (tertiary/aromatic N) is 1. The Morgan fingerprint density at radius 2 is 1.82 bits per heavy atom. The lowest BCUT2D eigenvalue weighted by atomic mass is 10.1. The predicted octanol–water partition coefficient (Wildman–Crippen LogP) is 3.33. The van der Waals surface area contributed by atoms with Crippen LogP contribution in [0.1, 0.15) is 16.7 Å². The van der Waals surface area contributed by atoms with Gasteiger partial charge in [-0.25, -0.2) is 4.98 Å². The number of nitrogens with one attached hydrogen (secondary N) is 1. The molecule has 3 N–H and O–H groups in total. The molecule has 1 aromatic heterocycles. The molecule has 88 valence electrons. The van der Waals surface area contributed by atoms with E-state index in [2.05, 4.69) is 10.3 Å². The molecule has 0 atom stereocenters. The Kier molecular flexibility index (Phi) is 3.00. The Morgan fingerprint density at radius 3 is 2.53 bits per heavy atom. The Morgan fingerprint density at radius 1 is 1.06 bits per heavy atom. The maximum Gasteiger partial charge on any atom is 0.133 e. The Hall–Kier alpha value is -2.03. The molecule has 3 heteroatoms. The lowest BCUT2D eigenvalue weighted by molar-refractivity contribution is 1.25. The molecule has 17 heavy (non-hydrogen) atoms. The number of aromatic nitrogens is 1. The lowest BCUT2D eigenvalue weighted by Crippen LogP contribution is -2.01. The van der Waals surface area contributed by atoms with E-state index in [1.165, 1.54) is 0 Å². The minimum atomic E-state index is 0.837. The Balaban J connectivity index is 2.38. The molecule has 0 aliphatic heterocycles. The van der Waals surface area contributed by atoms with Gasteiger partial charge >= 0.3 is 0 Å². The smallest absolute Gasteiger partial charge is 0.133 e. The van der Waals surface area contributed by atoms with Gasteiger partial charge in [-0.3, -0.25) is 0 Å². The summed E-state index contributed by atoms with van der Waals surface area (Å²) in [6.07, 6.45) is 1.78. The van der Waals surface area contributed by atoms with Crippen LogP contribution in [0.3, 0.4) is 0 Å². The summed E-state index contributed by atoms with van der Waals surface area (Å²) in [5, 5.41) is 3.32. The van der Waals surface area contributed by atoms with Crippen LogP contribution < -0.4 is 11.1 Å². The van der Waals surface area contributed by atoms with Gasteiger partial charge in [0.25, 0.3) is 0 Å². The zero-order chi connectivity index (χ0) is 12.4. The van der Waals surface area contributed by atoms with Crippen LogP contribution in [0.4, 0.5) is 17.2 Å². The lowest BCUT2D eigenvalue weighted by Gasteiger charge is -2.13. The number of benzene rings is 1. The zero-order valence-corrected chi connectivity index (χ0v) is 10.4. The van der Waals surface area contributed by atoms with Gasteiger partial charge in [-0.05, 0) is 49.6 Å². The minimum Gasteiger partial charge on any atom is -0.398 e. The minimum absolute atomic E-state index is 0.837. The number of nitrogen functional groups attached to an aromatic ring is 1. The number of pyridine rings is 1. The van der Waals surface area contributed by atoms with Crippen molar-refractivity contribution < 1.29 is 0 Å². The summed E-state index contributed by atoms with van der Waals surface area (Å²) in [5.74, 6) is 0.874. The molecule has 2 rings (SSSR count). The first-order valence-electron chi connectivity index (χ1n) is 5.64. The van der Waals surface area contributed by atoms with Crippen LogP contribution in [0.25, 0.3) is 0 Å². The molecular weight excluding hydrogens is 210 g/mol. The molecule has 0 saturated heterocycles. The van der Waals surface area contributed by atoms with Crippen molar-refractivity contribution in [2.75, 3.05) is 11.1 Å². The van der Waals surface area contributed by atoms with Crippen LogP contribution in [-0.4, -0.2) is 4.98 Å². The quantitative estimate of drug-likeness (QED) is 0.774. The molecule has 0 amide bonds. The summed E-state index contributed by atoms with van der Waals surface area (Å²) in [7, 11) is 0. The van der Waals surface area contributed by atoms with E-state index in [0.717, 1.165) is 33.9 Å². The van der Waals surface area contributed by atoms with E-state index in [1.54, 1.807) is 6.20 Å². The Labute approximate surface area is 102 Å². The fraction of sp³-hybridized carbons (Fsp3) is 0.214. The van der Waals surface area contributed by atoms with Gasteiger partial charge in [0.1, 0.15) is 5.82 Å². The van der Waals surface area contributed by atoms with Gasteiger partial charge in [0.2, 0.25) is 0 Å². The molecule has 0 fully saturated rings. The third-order valence-electron chi connectivity index (χ3n) is 3.00. The topological polar surface area (TPSA) is 50.9 Å². The van der Waals surface area contributed by atoms with Gasteiger partial charge in [0.05, 0.1) is 0 Å². The molecule has 1 aromatic carbocycles. The van der Waals surface area contributed by atoms with Crippen LogP contribution in [0.15, 0.2) is 30.5 Å². The summed E-state index contributed by atoms with van der Waals surface area (Å²) < 4.78 is 0. The fourth-order valence-electron chi connectivity index (χ4n) is 1.74. The number of rotatable bonds is 2. The van der Waals surface area contributed by atoms with E-state index in [-0.39, 0.29) is 0 Å². The molecule has 0 bridgehead atoms. The van der Waals surface area contributed by atoms with E-state index in [4.69, 9.17) is 5.73 Å². The first-order valence-corrected chi connectivity index (χ1v) is 5.64. The predicted molar refractivity (Wildman–Crippen MR) is 72.6 cm³/mol. The first-order chi connectivity index (χ1) is 8.09. The number of nitrogens with two attached hydrogens (primary N) is 1. The van der Waals surface area contributed by atoms with Crippen LogP contribution in [0.5, 0.6) is 0 Å². The highest BCUT2D eigenvalue weighted by Gasteiger charge is 2.06. The van der Waals surface area contributed by atoms with Crippen molar-refractivity contribution in [1.29, 1.82) is 0 Å². The number of hydrogen-bond donors (Lipinski definition) is 2.